The molecule has 208 valence electrons. The molecule has 0 aliphatic rings. The van der Waals surface area contributed by atoms with E-state index in [1.807, 2.05) is 12.1 Å². The van der Waals surface area contributed by atoms with E-state index in [0.717, 1.165) is 50.1 Å². The second-order valence-corrected chi connectivity index (χ2v) is 10.9. The van der Waals surface area contributed by atoms with Gasteiger partial charge in [0.05, 0.1) is 22.4 Å². The third kappa shape index (κ3) is 4.45. The van der Waals surface area contributed by atoms with Crippen LogP contribution in [0.2, 0.25) is 0 Å². The molecule has 7 aromatic carbocycles. The van der Waals surface area contributed by atoms with Gasteiger partial charge in [0.2, 0.25) is 0 Å². The molecule has 0 radical (unpaired) electrons. The molecule has 2 nitrogen and oxygen atoms in total. The maximum Gasteiger partial charge on any atom is 0.137 e. The Morgan fingerprint density at radius 2 is 0.795 bits per heavy atom. The highest BCUT2D eigenvalue weighted by Crippen LogP contribution is 2.49. The average molecular weight is 564 g/mol. The molecule has 0 aliphatic carbocycles. The van der Waals surface area contributed by atoms with Gasteiger partial charge in [-0.05, 0) is 52.6 Å². The normalized spacial score (nSPS) is 11.2. The van der Waals surface area contributed by atoms with E-state index < -0.39 is 0 Å². The van der Waals surface area contributed by atoms with Gasteiger partial charge in [-0.1, -0.05) is 146 Å². The van der Waals surface area contributed by atoms with Crippen molar-refractivity contribution in [3.8, 4) is 33.4 Å². The van der Waals surface area contributed by atoms with E-state index in [1.165, 1.54) is 22.3 Å². The zero-order chi connectivity index (χ0) is 29.3. The molecule has 0 saturated carbocycles. The Balaban J connectivity index is 1.46. The molecular weight excluding hydrogens is 534 g/mol. The molecule has 0 amide bonds. The summed E-state index contributed by atoms with van der Waals surface area (Å²) in [5.41, 5.74) is 12.1. The van der Waals surface area contributed by atoms with Crippen molar-refractivity contribution in [3.05, 3.63) is 176 Å². The van der Waals surface area contributed by atoms with Crippen LogP contribution in [0.25, 0.3) is 55.3 Å². The highest BCUT2D eigenvalue weighted by molar-refractivity contribution is 6.14. The van der Waals surface area contributed by atoms with E-state index in [-0.39, 0.29) is 0 Å². The van der Waals surface area contributed by atoms with Crippen LogP contribution in [0, 0.1) is 0 Å². The fourth-order valence-corrected chi connectivity index (χ4v) is 6.35. The van der Waals surface area contributed by atoms with Crippen molar-refractivity contribution < 1.29 is 4.42 Å². The lowest BCUT2D eigenvalue weighted by molar-refractivity contribution is 0.669. The fraction of sp³-hybridized carbons (Fsp3) is 0. The standard InChI is InChI=1S/C42H29NO/c1-3-16-30(17-4-1)32-20-7-8-22-34(32)35-23-10-13-26-38(35)43(37-25-12-9-21-33(37)31-18-5-2-6-19-31)39-27-15-29-41-42(39)36-24-11-14-28-40(36)44-41/h1-29H. The number of hydrogen-bond acceptors (Lipinski definition) is 2. The number of nitrogens with zero attached hydrogens (tertiary/aromatic N) is 1. The summed E-state index contributed by atoms with van der Waals surface area (Å²) in [6.07, 6.45) is 0. The first kappa shape index (κ1) is 25.8. The Morgan fingerprint density at radius 3 is 1.52 bits per heavy atom. The number of hydrogen-bond donors (Lipinski definition) is 0. The minimum absolute atomic E-state index is 0.869. The molecule has 44 heavy (non-hydrogen) atoms. The number of benzene rings is 7. The van der Waals surface area contributed by atoms with Gasteiger partial charge in [0.1, 0.15) is 11.2 Å². The van der Waals surface area contributed by atoms with Crippen LogP contribution in [0.1, 0.15) is 0 Å². The lowest BCUT2D eigenvalue weighted by Gasteiger charge is -2.30. The Bertz CT molecular complexity index is 2230. The molecule has 0 saturated heterocycles. The molecule has 0 atom stereocenters. The molecular formula is C42H29NO. The summed E-state index contributed by atoms with van der Waals surface area (Å²) in [7, 11) is 0. The van der Waals surface area contributed by atoms with E-state index >= 15 is 0 Å². The summed E-state index contributed by atoms with van der Waals surface area (Å²) < 4.78 is 6.40. The Hall–Kier alpha value is -5.86. The van der Waals surface area contributed by atoms with Crippen molar-refractivity contribution in [2.45, 2.75) is 0 Å². The maximum atomic E-state index is 6.40. The van der Waals surface area contributed by atoms with Gasteiger partial charge >= 0.3 is 0 Å². The lowest BCUT2D eigenvalue weighted by Crippen LogP contribution is -2.13. The van der Waals surface area contributed by atoms with Gasteiger partial charge < -0.3 is 9.32 Å². The third-order valence-electron chi connectivity index (χ3n) is 8.30. The van der Waals surface area contributed by atoms with Crippen LogP contribution in [0.5, 0.6) is 0 Å². The first-order valence-electron chi connectivity index (χ1n) is 15.0. The Labute approximate surface area is 257 Å². The number of rotatable bonds is 6. The summed E-state index contributed by atoms with van der Waals surface area (Å²) in [6, 6.07) is 62.1. The molecule has 0 aliphatic heterocycles. The second-order valence-electron chi connectivity index (χ2n) is 10.9. The van der Waals surface area contributed by atoms with Crippen LogP contribution in [0.3, 0.4) is 0 Å². The van der Waals surface area contributed by atoms with Gasteiger partial charge in [-0.25, -0.2) is 0 Å². The number of para-hydroxylation sites is 3. The van der Waals surface area contributed by atoms with Gasteiger partial charge in [-0.3, -0.25) is 0 Å². The van der Waals surface area contributed by atoms with Crippen molar-refractivity contribution in [2.75, 3.05) is 4.90 Å². The van der Waals surface area contributed by atoms with Crippen molar-refractivity contribution >= 4 is 39.0 Å². The number of anilines is 3. The van der Waals surface area contributed by atoms with Gasteiger partial charge in [0.25, 0.3) is 0 Å². The summed E-state index contributed by atoms with van der Waals surface area (Å²) in [5.74, 6) is 0. The summed E-state index contributed by atoms with van der Waals surface area (Å²) in [6.45, 7) is 0. The number of fused-ring (bicyclic) bond motifs is 3. The molecule has 0 spiro atoms. The SMILES string of the molecule is c1ccc(-c2ccccc2-c2ccccc2N(c2ccccc2-c2ccccc2)c2cccc3oc4ccccc4c23)cc1. The molecule has 1 heterocycles. The predicted molar refractivity (Wildman–Crippen MR) is 185 cm³/mol. The molecule has 1 aromatic heterocycles. The first-order chi connectivity index (χ1) is 21.9. The van der Waals surface area contributed by atoms with Gasteiger partial charge in [0, 0.05) is 16.5 Å². The molecule has 8 aromatic rings. The van der Waals surface area contributed by atoms with Crippen molar-refractivity contribution in [3.63, 3.8) is 0 Å². The molecule has 2 heteroatoms. The summed E-state index contributed by atoms with van der Waals surface area (Å²) in [4.78, 5) is 2.42. The van der Waals surface area contributed by atoms with Crippen molar-refractivity contribution in [1.82, 2.24) is 0 Å². The van der Waals surface area contributed by atoms with E-state index in [4.69, 9.17) is 4.42 Å². The van der Waals surface area contributed by atoms with Gasteiger partial charge in [0.15, 0.2) is 0 Å². The molecule has 8 rings (SSSR count). The monoisotopic (exact) mass is 563 g/mol. The highest BCUT2D eigenvalue weighted by atomic mass is 16.3. The first-order valence-corrected chi connectivity index (χ1v) is 15.0. The molecule has 0 fully saturated rings. The number of furan rings is 1. The average Bonchev–Trinajstić information content (AvgIpc) is 3.49. The van der Waals surface area contributed by atoms with E-state index in [0.29, 0.717) is 0 Å². The molecule has 0 unspecified atom stereocenters. The highest BCUT2D eigenvalue weighted by Gasteiger charge is 2.24. The second kappa shape index (κ2) is 11.1. The summed E-state index contributed by atoms with van der Waals surface area (Å²) >= 11 is 0. The minimum Gasteiger partial charge on any atom is -0.456 e. The van der Waals surface area contributed by atoms with Gasteiger partial charge in [-0.2, -0.15) is 0 Å². The van der Waals surface area contributed by atoms with E-state index in [9.17, 15) is 0 Å². The summed E-state index contributed by atoms with van der Waals surface area (Å²) in [5, 5.41) is 2.19. The Morgan fingerprint density at radius 1 is 0.318 bits per heavy atom. The van der Waals surface area contributed by atoms with Crippen LogP contribution in [0.15, 0.2) is 180 Å². The maximum absolute atomic E-state index is 6.40. The molecule has 0 N–H and O–H groups in total. The zero-order valence-corrected chi connectivity index (χ0v) is 24.1. The van der Waals surface area contributed by atoms with Crippen molar-refractivity contribution in [1.29, 1.82) is 0 Å². The van der Waals surface area contributed by atoms with Gasteiger partial charge in [-0.15, -0.1) is 0 Å². The fourth-order valence-electron chi connectivity index (χ4n) is 6.35. The van der Waals surface area contributed by atoms with E-state index in [1.54, 1.807) is 0 Å². The van der Waals surface area contributed by atoms with Crippen LogP contribution in [0.4, 0.5) is 17.1 Å². The lowest BCUT2D eigenvalue weighted by atomic mass is 9.92. The predicted octanol–water partition coefficient (Wildman–Crippen LogP) is 12.1. The van der Waals surface area contributed by atoms with Crippen LogP contribution in [-0.2, 0) is 0 Å². The van der Waals surface area contributed by atoms with Crippen LogP contribution < -0.4 is 4.90 Å². The topological polar surface area (TPSA) is 16.4 Å². The third-order valence-corrected chi connectivity index (χ3v) is 8.30. The smallest absolute Gasteiger partial charge is 0.137 e. The van der Waals surface area contributed by atoms with Crippen LogP contribution in [-0.4, -0.2) is 0 Å². The Kier molecular flexibility index (Phi) is 6.51. The minimum atomic E-state index is 0.869. The van der Waals surface area contributed by atoms with E-state index in [2.05, 4.69) is 169 Å². The quantitative estimate of drug-likeness (QED) is 0.200. The van der Waals surface area contributed by atoms with Crippen LogP contribution >= 0.6 is 0 Å². The largest absolute Gasteiger partial charge is 0.456 e. The van der Waals surface area contributed by atoms with Crippen molar-refractivity contribution in [2.24, 2.45) is 0 Å². The molecule has 0 bridgehead atoms. The zero-order valence-electron chi connectivity index (χ0n) is 24.1.